The van der Waals surface area contributed by atoms with Crippen molar-refractivity contribution in [2.24, 2.45) is 4.99 Å². The van der Waals surface area contributed by atoms with E-state index in [-0.39, 0.29) is 0 Å². The summed E-state index contributed by atoms with van der Waals surface area (Å²) in [5.41, 5.74) is 0. The molecular formula is C8H14N2O. The smallest absolute Gasteiger partial charge is 0.118 e. The Balaban J connectivity index is 3.37. The number of hydrogen-bond acceptors (Lipinski definition) is 3. The molecule has 0 aromatic carbocycles. The van der Waals surface area contributed by atoms with Crippen LogP contribution in [0.4, 0.5) is 0 Å². The predicted octanol–water partition coefficient (Wildman–Crippen LogP) is 0.950. The zero-order chi connectivity index (χ0) is 8.53. The van der Waals surface area contributed by atoms with Gasteiger partial charge in [0.1, 0.15) is 5.82 Å². The second-order valence-corrected chi connectivity index (χ2v) is 1.88. The standard InChI is InChI=1S/C8H14N2O/c1-4-5-9-8(2)10-6-7-11-3/h4-5,10H,1-2,6-7H2,3H3/b9-5-. The fourth-order valence-electron chi connectivity index (χ4n) is 0.486. The summed E-state index contributed by atoms with van der Waals surface area (Å²) in [6, 6.07) is 0. The summed E-state index contributed by atoms with van der Waals surface area (Å²) in [5.74, 6) is 0.627. The van der Waals surface area contributed by atoms with E-state index >= 15 is 0 Å². The van der Waals surface area contributed by atoms with Crippen molar-refractivity contribution in [2.45, 2.75) is 0 Å². The van der Waals surface area contributed by atoms with Crippen molar-refractivity contribution < 1.29 is 4.74 Å². The molecule has 0 atom stereocenters. The highest BCUT2D eigenvalue weighted by atomic mass is 16.5. The van der Waals surface area contributed by atoms with E-state index in [9.17, 15) is 0 Å². The number of nitrogens with zero attached hydrogens (tertiary/aromatic N) is 1. The van der Waals surface area contributed by atoms with Gasteiger partial charge < -0.3 is 10.1 Å². The van der Waals surface area contributed by atoms with Crippen LogP contribution in [0.15, 0.2) is 30.0 Å². The van der Waals surface area contributed by atoms with Crippen LogP contribution in [0.1, 0.15) is 0 Å². The van der Waals surface area contributed by atoms with Crippen molar-refractivity contribution in [3.05, 3.63) is 25.1 Å². The van der Waals surface area contributed by atoms with Gasteiger partial charge in [-0.3, -0.25) is 0 Å². The molecule has 0 aliphatic rings. The van der Waals surface area contributed by atoms with Crippen molar-refractivity contribution in [3.8, 4) is 0 Å². The average molecular weight is 154 g/mol. The molecule has 11 heavy (non-hydrogen) atoms. The van der Waals surface area contributed by atoms with Gasteiger partial charge in [0, 0.05) is 19.9 Å². The molecule has 0 radical (unpaired) electrons. The van der Waals surface area contributed by atoms with Crippen molar-refractivity contribution in [3.63, 3.8) is 0 Å². The predicted molar refractivity (Wildman–Crippen MR) is 47.7 cm³/mol. The normalized spacial score (nSPS) is 9.91. The molecule has 0 unspecified atom stereocenters. The highest BCUT2D eigenvalue weighted by molar-refractivity contribution is 5.71. The molecule has 0 saturated heterocycles. The molecule has 0 aromatic heterocycles. The van der Waals surface area contributed by atoms with Gasteiger partial charge in [-0.05, 0) is 0 Å². The molecule has 1 N–H and O–H groups in total. The maximum atomic E-state index is 4.82. The SMILES string of the molecule is C=C/C=N\C(=C)NCCOC. The van der Waals surface area contributed by atoms with E-state index in [0.29, 0.717) is 12.4 Å². The van der Waals surface area contributed by atoms with Gasteiger partial charge >= 0.3 is 0 Å². The highest BCUT2D eigenvalue weighted by Gasteiger charge is 1.85. The van der Waals surface area contributed by atoms with Gasteiger partial charge in [-0.25, -0.2) is 4.99 Å². The van der Waals surface area contributed by atoms with Gasteiger partial charge in [0.25, 0.3) is 0 Å². The fourth-order valence-corrected chi connectivity index (χ4v) is 0.486. The third-order valence-electron chi connectivity index (χ3n) is 0.971. The summed E-state index contributed by atoms with van der Waals surface area (Å²) in [4.78, 5) is 3.91. The minimum atomic E-state index is 0.627. The van der Waals surface area contributed by atoms with Gasteiger partial charge in [0.15, 0.2) is 0 Å². The molecule has 0 fully saturated rings. The van der Waals surface area contributed by atoms with Gasteiger partial charge in [0.2, 0.25) is 0 Å². The average Bonchev–Trinajstić information content (AvgIpc) is 2.01. The van der Waals surface area contributed by atoms with Crippen molar-refractivity contribution in [2.75, 3.05) is 20.3 Å². The van der Waals surface area contributed by atoms with Crippen molar-refractivity contribution in [1.82, 2.24) is 5.32 Å². The first-order chi connectivity index (χ1) is 5.31. The Labute approximate surface area is 67.5 Å². The zero-order valence-electron chi connectivity index (χ0n) is 6.84. The molecule has 0 heterocycles. The Kier molecular flexibility index (Phi) is 6.33. The Morgan fingerprint density at radius 3 is 3.00 bits per heavy atom. The van der Waals surface area contributed by atoms with Crippen LogP contribution in [0.5, 0.6) is 0 Å². The zero-order valence-corrected chi connectivity index (χ0v) is 6.84. The molecule has 62 valence electrons. The highest BCUT2D eigenvalue weighted by Crippen LogP contribution is 1.82. The molecule has 0 aliphatic carbocycles. The fraction of sp³-hybridized carbons (Fsp3) is 0.375. The summed E-state index contributed by atoms with van der Waals surface area (Å²) in [6.45, 7) is 8.52. The van der Waals surface area contributed by atoms with Crippen LogP contribution in [-0.2, 0) is 4.74 Å². The number of nitrogens with one attached hydrogen (secondary N) is 1. The molecular weight excluding hydrogens is 140 g/mol. The lowest BCUT2D eigenvalue weighted by molar-refractivity contribution is 0.202. The number of hydrogen-bond donors (Lipinski definition) is 1. The first kappa shape index (κ1) is 9.91. The van der Waals surface area contributed by atoms with Gasteiger partial charge in [-0.2, -0.15) is 0 Å². The lowest BCUT2D eigenvalue weighted by Gasteiger charge is -2.02. The Morgan fingerprint density at radius 2 is 2.45 bits per heavy atom. The van der Waals surface area contributed by atoms with E-state index in [2.05, 4.69) is 23.5 Å². The van der Waals surface area contributed by atoms with Crippen molar-refractivity contribution >= 4 is 6.21 Å². The molecule has 0 saturated carbocycles. The van der Waals surface area contributed by atoms with E-state index < -0.39 is 0 Å². The summed E-state index contributed by atoms with van der Waals surface area (Å²) < 4.78 is 4.82. The number of allylic oxidation sites excluding steroid dienone is 1. The topological polar surface area (TPSA) is 33.6 Å². The second kappa shape index (κ2) is 7.02. The summed E-state index contributed by atoms with van der Waals surface area (Å²) in [6.07, 6.45) is 3.19. The summed E-state index contributed by atoms with van der Waals surface area (Å²) in [5, 5.41) is 2.95. The molecule has 3 nitrogen and oxygen atoms in total. The molecule has 3 heteroatoms. The second-order valence-electron chi connectivity index (χ2n) is 1.88. The summed E-state index contributed by atoms with van der Waals surface area (Å²) in [7, 11) is 1.65. The Bertz CT molecular complexity index is 152. The number of aliphatic imine (C=N–C) groups is 1. The van der Waals surface area contributed by atoms with Crippen LogP contribution in [0, 0.1) is 0 Å². The maximum Gasteiger partial charge on any atom is 0.118 e. The van der Waals surface area contributed by atoms with Crippen LogP contribution >= 0.6 is 0 Å². The van der Waals surface area contributed by atoms with Crippen LogP contribution < -0.4 is 5.32 Å². The Morgan fingerprint density at radius 1 is 1.73 bits per heavy atom. The van der Waals surface area contributed by atoms with E-state index in [4.69, 9.17) is 4.74 Å². The third-order valence-corrected chi connectivity index (χ3v) is 0.971. The lowest BCUT2D eigenvalue weighted by Crippen LogP contribution is -2.16. The van der Waals surface area contributed by atoms with Crippen LogP contribution in [0.2, 0.25) is 0 Å². The maximum absolute atomic E-state index is 4.82. The molecule has 0 aliphatic heterocycles. The molecule has 0 bridgehead atoms. The molecule has 0 rings (SSSR count). The van der Waals surface area contributed by atoms with Crippen molar-refractivity contribution in [1.29, 1.82) is 0 Å². The lowest BCUT2D eigenvalue weighted by atomic mass is 10.6. The van der Waals surface area contributed by atoms with Crippen LogP contribution in [-0.4, -0.2) is 26.5 Å². The number of rotatable bonds is 6. The molecule has 0 amide bonds. The monoisotopic (exact) mass is 154 g/mol. The first-order valence-electron chi connectivity index (χ1n) is 3.38. The first-order valence-corrected chi connectivity index (χ1v) is 3.38. The van der Waals surface area contributed by atoms with Gasteiger partial charge in [0.05, 0.1) is 6.61 Å². The Hall–Kier alpha value is -1.09. The minimum absolute atomic E-state index is 0.627. The molecule has 0 aromatic rings. The minimum Gasteiger partial charge on any atom is -0.383 e. The quantitative estimate of drug-likeness (QED) is 0.456. The van der Waals surface area contributed by atoms with Crippen LogP contribution in [0.25, 0.3) is 0 Å². The number of methoxy groups -OCH3 is 1. The largest absolute Gasteiger partial charge is 0.383 e. The van der Waals surface area contributed by atoms with E-state index in [1.165, 1.54) is 0 Å². The van der Waals surface area contributed by atoms with E-state index in [0.717, 1.165) is 6.54 Å². The third kappa shape index (κ3) is 6.80. The summed E-state index contributed by atoms with van der Waals surface area (Å²) >= 11 is 0. The van der Waals surface area contributed by atoms with E-state index in [1.54, 1.807) is 19.4 Å². The van der Waals surface area contributed by atoms with Crippen LogP contribution in [0.3, 0.4) is 0 Å². The number of ether oxygens (including phenoxy) is 1. The van der Waals surface area contributed by atoms with Gasteiger partial charge in [-0.15, -0.1) is 0 Å². The molecule has 0 spiro atoms. The van der Waals surface area contributed by atoms with Gasteiger partial charge in [-0.1, -0.05) is 19.2 Å². The van der Waals surface area contributed by atoms with E-state index in [1.807, 2.05) is 0 Å².